The SMILES string of the molecule is CCCS(=O)(=O)NCc1ccc2c(c1)C(Cc1ccccc1)C(N)CC2.O=C(O)C(F)(F)F. The summed E-state index contributed by atoms with van der Waals surface area (Å²) in [7, 11) is -3.20. The van der Waals surface area contributed by atoms with Crippen LogP contribution in [0.2, 0.25) is 0 Å². The highest BCUT2D eigenvalue weighted by atomic mass is 32.2. The maximum Gasteiger partial charge on any atom is 0.490 e. The lowest BCUT2D eigenvalue weighted by molar-refractivity contribution is -0.192. The van der Waals surface area contributed by atoms with Crippen molar-refractivity contribution in [2.45, 2.75) is 57.3 Å². The maximum absolute atomic E-state index is 11.9. The molecule has 0 aromatic heterocycles. The molecule has 10 heteroatoms. The van der Waals surface area contributed by atoms with Crippen molar-refractivity contribution in [3.63, 3.8) is 0 Å². The van der Waals surface area contributed by atoms with Crippen molar-refractivity contribution in [3.8, 4) is 0 Å². The van der Waals surface area contributed by atoms with Crippen molar-refractivity contribution < 1.29 is 31.5 Å². The Labute approximate surface area is 192 Å². The largest absolute Gasteiger partial charge is 0.490 e. The molecular formula is C23H29F3N2O4S. The van der Waals surface area contributed by atoms with Gasteiger partial charge in [-0.15, -0.1) is 0 Å². The molecule has 182 valence electrons. The van der Waals surface area contributed by atoms with Crippen LogP contribution in [0.5, 0.6) is 0 Å². The molecule has 1 aliphatic rings. The van der Waals surface area contributed by atoms with Gasteiger partial charge in [-0.1, -0.05) is 55.5 Å². The van der Waals surface area contributed by atoms with Gasteiger partial charge in [-0.05, 0) is 47.9 Å². The third kappa shape index (κ3) is 8.45. The van der Waals surface area contributed by atoms with Gasteiger partial charge in [0.25, 0.3) is 0 Å². The molecule has 2 aromatic carbocycles. The van der Waals surface area contributed by atoms with Gasteiger partial charge >= 0.3 is 12.1 Å². The molecule has 0 saturated heterocycles. The van der Waals surface area contributed by atoms with Crippen molar-refractivity contribution in [2.24, 2.45) is 5.73 Å². The van der Waals surface area contributed by atoms with E-state index in [4.69, 9.17) is 15.6 Å². The lowest BCUT2D eigenvalue weighted by Gasteiger charge is -2.32. The lowest BCUT2D eigenvalue weighted by atomic mass is 9.76. The van der Waals surface area contributed by atoms with Crippen molar-refractivity contribution in [2.75, 3.05) is 5.75 Å². The standard InChI is InChI=1S/C21H28N2O2S.C2HF3O2/c1-2-12-26(24,25)23-15-17-8-9-18-10-11-21(22)20(19(18)14-17)13-16-6-4-3-5-7-16;3-2(4,5)1(6)7/h3-9,14,20-21,23H,2,10-13,15,22H2,1H3;(H,6,7). The zero-order valence-corrected chi connectivity index (χ0v) is 19.1. The summed E-state index contributed by atoms with van der Waals surface area (Å²) < 4.78 is 58.3. The van der Waals surface area contributed by atoms with Crippen LogP contribution in [-0.4, -0.2) is 37.5 Å². The van der Waals surface area contributed by atoms with Gasteiger partial charge in [-0.2, -0.15) is 13.2 Å². The number of nitrogens with two attached hydrogens (primary N) is 1. The molecule has 0 amide bonds. The van der Waals surface area contributed by atoms with E-state index in [2.05, 4.69) is 41.1 Å². The van der Waals surface area contributed by atoms with Crippen molar-refractivity contribution >= 4 is 16.0 Å². The second-order valence-electron chi connectivity index (χ2n) is 7.97. The quantitative estimate of drug-likeness (QED) is 0.552. The molecule has 0 aliphatic heterocycles. The van der Waals surface area contributed by atoms with Crippen molar-refractivity contribution in [3.05, 3.63) is 70.8 Å². The minimum Gasteiger partial charge on any atom is -0.475 e. The molecular weight excluding hydrogens is 457 g/mol. The van der Waals surface area contributed by atoms with E-state index in [-0.39, 0.29) is 17.7 Å². The van der Waals surface area contributed by atoms with Gasteiger partial charge in [-0.25, -0.2) is 17.9 Å². The summed E-state index contributed by atoms with van der Waals surface area (Å²) in [5, 5.41) is 7.12. The number of benzene rings is 2. The molecule has 0 heterocycles. The van der Waals surface area contributed by atoms with Gasteiger partial charge in [-0.3, -0.25) is 0 Å². The normalized spacial score (nSPS) is 18.1. The third-order valence-electron chi connectivity index (χ3n) is 5.38. The smallest absolute Gasteiger partial charge is 0.475 e. The first kappa shape index (κ1) is 26.8. The predicted molar refractivity (Wildman–Crippen MR) is 120 cm³/mol. The zero-order valence-electron chi connectivity index (χ0n) is 18.3. The summed E-state index contributed by atoms with van der Waals surface area (Å²) in [6.07, 6.45) is -1.57. The highest BCUT2D eigenvalue weighted by Gasteiger charge is 2.38. The summed E-state index contributed by atoms with van der Waals surface area (Å²) in [6.45, 7) is 2.20. The van der Waals surface area contributed by atoms with Crippen LogP contribution in [0, 0.1) is 0 Å². The van der Waals surface area contributed by atoms with E-state index in [1.54, 1.807) is 0 Å². The van der Waals surface area contributed by atoms with E-state index in [0.29, 0.717) is 13.0 Å². The summed E-state index contributed by atoms with van der Waals surface area (Å²) in [6, 6.07) is 16.9. The fraction of sp³-hybridized carbons (Fsp3) is 0.435. The summed E-state index contributed by atoms with van der Waals surface area (Å²) in [5.74, 6) is -2.32. The van der Waals surface area contributed by atoms with E-state index in [1.165, 1.54) is 16.7 Å². The number of carboxylic acids is 1. The van der Waals surface area contributed by atoms with Crippen molar-refractivity contribution in [1.29, 1.82) is 0 Å². The van der Waals surface area contributed by atoms with Gasteiger partial charge in [0.05, 0.1) is 5.75 Å². The Balaban J connectivity index is 0.000000479. The van der Waals surface area contributed by atoms with E-state index >= 15 is 0 Å². The van der Waals surface area contributed by atoms with Gasteiger partial charge in [0.15, 0.2) is 0 Å². The number of alkyl halides is 3. The topological polar surface area (TPSA) is 109 Å². The minimum atomic E-state index is -5.08. The Bertz CT molecular complexity index is 1030. The fourth-order valence-corrected chi connectivity index (χ4v) is 4.81. The number of halogens is 3. The zero-order chi connectivity index (χ0) is 24.6. The number of rotatable bonds is 7. The molecule has 4 N–H and O–H groups in total. The van der Waals surface area contributed by atoms with Crippen LogP contribution in [0.15, 0.2) is 48.5 Å². The number of aryl methyl sites for hydroxylation is 1. The fourth-order valence-electron chi connectivity index (χ4n) is 3.74. The van der Waals surface area contributed by atoms with Gasteiger partial charge in [0.1, 0.15) is 0 Å². The first-order valence-electron chi connectivity index (χ1n) is 10.6. The average molecular weight is 487 g/mol. The number of carbonyl (C=O) groups is 1. The van der Waals surface area contributed by atoms with Crippen LogP contribution < -0.4 is 10.5 Å². The monoisotopic (exact) mass is 486 g/mol. The number of carboxylic acid groups (broad SMARTS) is 1. The Morgan fingerprint density at radius 2 is 1.79 bits per heavy atom. The van der Waals surface area contributed by atoms with Crippen LogP contribution in [0.1, 0.15) is 47.9 Å². The maximum atomic E-state index is 11.9. The lowest BCUT2D eigenvalue weighted by Crippen LogP contribution is -2.34. The molecule has 2 atom stereocenters. The molecule has 33 heavy (non-hydrogen) atoms. The average Bonchev–Trinajstić information content (AvgIpc) is 2.75. The van der Waals surface area contributed by atoms with Gasteiger partial charge in [0.2, 0.25) is 10.0 Å². The molecule has 0 fully saturated rings. The summed E-state index contributed by atoms with van der Waals surface area (Å²) in [4.78, 5) is 8.90. The molecule has 0 spiro atoms. The van der Waals surface area contributed by atoms with E-state index < -0.39 is 22.2 Å². The molecule has 2 aromatic rings. The Morgan fingerprint density at radius 3 is 2.36 bits per heavy atom. The number of sulfonamides is 1. The summed E-state index contributed by atoms with van der Waals surface area (Å²) in [5.41, 5.74) is 11.4. The third-order valence-corrected chi connectivity index (χ3v) is 6.91. The molecule has 0 saturated carbocycles. The number of aliphatic carboxylic acids is 1. The minimum absolute atomic E-state index is 0.134. The highest BCUT2D eigenvalue weighted by Crippen LogP contribution is 2.34. The Hall–Kier alpha value is -2.43. The molecule has 0 radical (unpaired) electrons. The van der Waals surface area contributed by atoms with Crippen LogP contribution in [0.3, 0.4) is 0 Å². The van der Waals surface area contributed by atoms with Gasteiger partial charge < -0.3 is 10.8 Å². The number of hydrogen-bond acceptors (Lipinski definition) is 4. The van der Waals surface area contributed by atoms with E-state index in [0.717, 1.165) is 24.8 Å². The molecule has 6 nitrogen and oxygen atoms in total. The van der Waals surface area contributed by atoms with Gasteiger partial charge in [0, 0.05) is 18.5 Å². The molecule has 3 rings (SSSR count). The number of hydrogen-bond donors (Lipinski definition) is 3. The molecule has 2 unspecified atom stereocenters. The Morgan fingerprint density at radius 1 is 1.15 bits per heavy atom. The van der Waals surface area contributed by atoms with E-state index in [9.17, 15) is 21.6 Å². The van der Waals surface area contributed by atoms with Crippen LogP contribution in [0.4, 0.5) is 13.2 Å². The predicted octanol–water partition coefficient (Wildman–Crippen LogP) is 3.75. The van der Waals surface area contributed by atoms with Crippen LogP contribution >= 0.6 is 0 Å². The number of fused-ring (bicyclic) bond motifs is 1. The molecule has 0 bridgehead atoms. The highest BCUT2D eigenvalue weighted by molar-refractivity contribution is 7.89. The first-order valence-corrected chi connectivity index (χ1v) is 12.3. The van der Waals surface area contributed by atoms with Crippen LogP contribution in [-0.2, 0) is 34.2 Å². The second-order valence-corrected chi connectivity index (χ2v) is 9.90. The van der Waals surface area contributed by atoms with E-state index in [1.807, 2.05) is 19.1 Å². The molecule has 1 aliphatic carbocycles. The number of nitrogens with one attached hydrogen (secondary N) is 1. The van der Waals surface area contributed by atoms with Crippen LogP contribution in [0.25, 0.3) is 0 Å². The Kier molecular flexibility index (Phi) is 9.45. The first-order chi connectivity index (χ1) is 15.4. The van der Waals surface area contributed by atoms with Crippen molar-refractivity contribution in [1.82, 2.24) is 4.72 Å². The summed E-state index contributed by atoms with van der Waals surface area (Å²) >= 11 is 0. The second kappa shape index (κ2) is 11.6.